The van der Waals surface area contributed by atoms with Crippen LogP contribution in [0.15, 0.2) is 158 Å². The van der Waals surface area contributed by atoms with E-state index in [0.717, 1.165) is 27.8 Å². The van der Waals surface area contributed by atoms with E-state index in [2.05, 4.69) is 15.5 Å². The van der Waals surface area contributed by atoms with Crippen LogP contribution in [-0.2, 0) is 56.7 Å². The van der Waals surface area contributed by atoms with Crippen LogP contribution in [0.2, 0.25) is 0 Å². The summed E-state index contributed by atoms with van der Waals surface area (Å²) in [4.78, 5) is 0. The molecule has 256 valence electrons. The number of tetrazole rings is 1. The van der Waals surface area contributed by atoms with Gasteiger partial charge in [0.25, 0.3) is 0 Å². The van der Waals surface area contributed by atoms with Crippen molar-refractivity contribution < 1.29 is 23.7 Å². The van der Waals surface area contributed by atoms with Crippen LogP contribution >= 0.6 is 0 Å². The average Bonchev–Trinajstić information content (AvgIpc) is 3.72. The summed E-state index contributed by atoms with van der Waals surface area (Å²) in [5.74, 6) is 0. The molecule has 0 aliphatic carbocycles. The summed E-state index contributed by atoms with van der Waals surface area (Å²) < 4.78 is 35.1. The molecule has 9 nitrogen and oxygen atoms in total. The smallest absolute Gasteiger partial charge is 0.182 e. The van der Waals surface area contributed by atoms with Crippen LogP contribution in [0.4, 0.5) is 0 Å². The van der Waals surface area contributed by atoms with Gasteiger partial charge in [0, 0.05) is 0 Å². The van der Waals surface area contributed by atoms with Crippen LogP contribution in [0.3, 0.4) is 0 Å². The van der Waals surface area contributed by atoms with E-state index in [0.29, 0.717) is 33.0 Å². The van der Waals surface area contributed by atoms with Gasteiger partial charge in [0.05, 0.1) is 39.6 Å². The summed E-state index contributed by atoms with van der Waals surface area (Å²) >= 11 is 0. The van der Waals surface area contributed by atoms with E-state index in [-0.39, 0.29) is 6.61 Å². The molecule has 0 unspecified atom stereocenters. The van der Waals surface area contributed by atoms with Crippen molar-refractivity contribution in [3.05, 3.63) is 186 Å². The molecule has 9 heteroatoms. The van der Waals surface area contributed by atoms with Crippen molar-refractivity contribution in [1.82, 2.24) is 20.2 Å². The number of hydrogen-bond acceptors (Lipinski definition) is 8. The molecular weight excluding hydrogens is 628 g/mol. The fourth-order valence-corrected chi connectivity index (χ4v) is 5.53. The topological polar surface area (TPSA) is 89.8 Å². The third-order valence-corrected chi connectivity index (χ3v) is 8.13. The van der Waals surface area contributed by atoms with Gasteiger partial charge in [-0.15, -0.1) is 5.10 Å². The molecule has 6 rings (SSSR count). The van der Waals surface area contributed by atoms with Gasteiger partial charge in [0.2, 0.25) is 0 Å². The molecule has 0 saturated heterocycles. The van der Waals surface area contributed by atoms with E-state index in [4.69, 9.17) is 23.7 Å². The minimum atomic E-state index is -0.786. The Kier molecular flexibility index (Phi) is 13.4. The van der Waals surface area contributed by atoms with Gasteiger partial charge in [-0.2, -0.15) is 0 Å². The number of aromatic nitrogens is 4. The molecule has 0 amide bonds. The molecule has 50 heavy (non-hydrogen) atoms. The number of ether oxygens (including phenoxy) is 5. The monoisotopic (exact) mass is 670 g/mol. The predicted molar refractivity (Wildman–Crippen MR) is 189 cm³/mol. The lowest BCUT2D eigenvalue weighted by molar-refractivity contribution is -0.218. The van der Waals surface area contributed by atoms with Gasteiger partial charge in [-0.3, -0.25) is 0 Å². The maximum absolute atomic E-state index is 6.87. The van der Waals surface area contributed by atoms with Crippen molar-refractivity contribution in [1.29, 1.82) is 0 Å². The lowest BCUT2D eigenvalue weighted by Gasteiger charge is -2.37. The second-order valence-corrected chi connectivity index (χ2v) is 11.8. The zero-order chi connectivity index (χ0) is 34.1. The number of benzene rings is 5. The molecule has 6 aromatic rings. The van der Waals surface area contributed by atoms with E-state index in [1.807, 2.05) is 152 Å². The average molecular weight is 671 g/mol. The van der Waals surface area contributed by atoms with Crippen LogP contribution in [0.25, 0.3) is 0 Å². The molecule has 5 aromatic carbocycles. The third kappa shape index (κ3) is 10.7. The first-order valence-corrected chi connectivity index (χ1v) is 16.8. The van der Waals surface area contributed by atoms with Gasteiger partial charge in [-0.05, 0) is 38.2 Å². The van der Waals surface area contributed by atoms with E-state index in [9.17, 15) is 0 Å². The predicted octanol–water partition coefficient (Wildman–Crippen LogP) is 7.36. The standard InChI is InChI=1S/C41H42N4O5/c1-6-16-33(17-7-1)26-46-31-38(47-27-34-18-8-2-9-19-34)39(48-28-35-20-10-3-11-21-35)40(49-29-36-22-12-4-13-23-36)41(45-32-42-43-44-45)50-30-37-24-14-5-15-25-37/h1-25,32,38-41H,26-31H2/t38-,39-,40+,41-/m1/s1. The Labute approximate surface area is 293 Å². The van der Waals surface area contributed by atoms with Crippen molar-refractivity contribution in [2.45, 2.75) is 57.6 Å². The van der Waals surface area contributed by atoms with Crippen LogP contribution < -0.4 is 0 Å². The van der Waals surface area contributed by atoms with Gasteiger partial charge in [0.1, 0.15) is 24.6 Å². The summed E-state index contributed by atoms with van der Waals surface area (Å²) in [5, 5.41) is 12.2. The first-order chi connectivity index (χ1) is 24.8. The Morgan fingerprint density at radius 3 is 1.28 bits per heavy atom. The molecule has 0 bridgehead atoms. The highest BCUT2D eigenvalue weighted by Gasteiger charge is 2.40. The third-order valence-electron chi connectivity index (χ3n) is 8.13. The van der Waals surface area contributed by atoms with Gasteiger partial charge < -0.3 is 23.7 Å². The van der Waals surface area contributed by atoms with Gasteiger partial charge in [-0.1, -0.05) is 152 Å². The number of nitrogens with zero attached hydrogens (tertiary/aromatic N) is 4. The SMILES string of the molecule is c1ccc(COC[C@@H](OCc2ccccc2)[C@@H](OCc2ccccc2)[C@H](OCc2ccccc2)[C@@H](OCc2ccccc2)n2cnnn2)cc1. The highest BCUT2D eigenvalue weighted by Crippen LogP contribution is 2.28. The van der Waals surface area contributed by atoms with E-state index in [1.54, 1.807) is 4.68 Å². The second kappa shape index (κ2) is 19.2. The first-order valence-electron chi connectivity index (χ1n) is 16.8. The summed E-state index contributed by atoms with van der Waals surface area (Å²) in [7, 11) is 0. The lowest BCUT2D eigenvalue weighted by atomic mass is 10.0. The summed E-state index contributed by atoms with van der Waals surface area (Å²) in [5.41, 5.74) is 5.10. The maximum Gasteiger partial charge on any atom is 0.182 e. The number of rotatable bonds is 20. The number of hydrogen-bond donors (Lipinski definition) is 0. The molecular formula is C41H42N4O5. The van der Waals surface area contributed by atoms with Crippen molar-refractivity contribution in [2.75, 3.05) is 6.61 Å². The molecule has 0 N–H and O–H groups in total. The fourth-order valence-electron chi connectivity index (χ4n) is 5.53. The van der Waals surface area contributed by atoms with Gasteiger partial charge >= 0.3 is 0 Å². The van der Waals surface area contributed by atoms with Crippen LogP contribution in [0, 0.1) is 0 Å². The molecule has 1 heterocycles. The van der Waals surface area contributed by atoms with Crippen molar-refractivity contribution in [2.24, 2.45) is 0 Å². The highest BCUT2D eigenvalue weighted by molar-refractivity contribution is 5.17. The Morgan fingerprint density at radius 1 is 0.440 bits per heavy atom. The van der Waals surface area contributed by atoms with Gasteiger partial charge in [0.15, 0.2) is 6.23 Å². The molecule has 0 aliphatic rings. The van der Waals surface area contributed by atoms with Crippen molar-refractivity contribution >= 4 is 0 Å². The zero-order valence-corrected chi connectivity index (χ0v) is 27.9. The summed E-state index contributed by atoms with van der Waals surface area (Å²) in [6, 6.07) is 50.2. The normalized spacial score (nSPS) is 13.8. The molecule has 0 saturated carbocycles. The molecule has 0 fully saturated rings. The Hall–Kier alpha value is -5.03. The quantitative estimate of drug-likeness (QED) is 0.0833. The van der Waals surface area contributed by atoms with Crippen molar-refractivity contribution in [3.63, 3.8) is 0 Å². The highest BCUT2D eigenvalue weighted by atomic mass is 16.6. The molecule has 0 radical (unpaired) electrons. The van der Waals surface area contributed by atoms with Crippen LogP contribution in [0.1, 0.15) is 34.0 Å². The van der Waals surface area contributed by atoms with Crippen molar-refractivity contribution in [3.8, 4) is 0 Å². The molecule has 0 aliphatic heterocycles. The fraction of sp³-hybridized carbons (Fsp3) is 0.244. The van der Waals surface area contributed by atoms with Gasteiger partial charge in [-0.25, -0.2) is 4.68 Å². The molecule has 0 spiro atoms. The molecule has 4 atom stereocenters. The first kappa shape index (κ1) is 34.8. The van der Waals surface area contributed by atoms with E-state index < -0.39 is 24.5 Å². The van der Waals surface area contributed by atoms with E-state index in [1.165, 1.54) is 6.33 Å². The minimum absolute atomic E-state index is 0.230. The largest absolute Gasteiger partial charge is 0.374 e. The molecule has 1 aromatic heterocycles. The maximum atomic E-state index is 6.87. The van der Waals surface area contributed by atoms with E-state index >= 15 is 0 Å². The Bertz CT molecular complexity index is 1750. The van der Waals surface area contributed by atoms with Crippen LogP contribution in [0.5, 0.6) is 0 Å². The Morgan fingerprint density at radius 2 is 0.840 bits per heavy atom. The lowest BCUT2D eigenvalue weighted by Crippen LogP contribution is -2.49. The summed E-state index contributed by atoms with van der Waals surface area (Å²) in [6.07, 6.45) is -1.26. The second-order valence-electron chi connectivity index (χ2n) is 11.8. The zero-order valence-electron chi connectivity index (χ0n) is 27.9. The van der Waals surface area contributed by atoms with Crippen LogP contribution in [-0.4, -0.2) is 45.1 Å². The Balaban J connectivity index is 1.36. The minimum Gasteiger partial charge on any atom is -0.374 e. The summed E-state index contributed by atoms with van der Waals surface area (Å²) in [6.45, 7) is 1.88.